The fourth-order valence-electron chi connectivity index (χ4n) is 4.09. The number of fused-ring (bicyclic) bond motifs is 2. The first kappa shape index (κ1) is 13.5. The Hall–Kier alpha value is -1.52. The molecule has 2 aliphatic rings. The Morgan fingerprint density at radius 2 is 2.10 bits per heavy atom. The van der Waals surface area contributed by atoms with E-state index in [4.69, 9.17) is 10.5 Å². The molecule has 0 radical (unpaired) electrons. The molecule has 3 unspecified atom stereocenters. The van der Waals surface area contributed by atoms with Crippen molar-refractivity contribution in [2.24, 2.45) is 16.7 Å². The van der Waals surface area contributed by atoms with Gasteiger partial charge < -0.3 is 15.8 Å². The second kappa shape index (κ2) is 4.24. The molecule has 0 spiro atoms. The van der Waals surface area contributed by atoms with Gasteiger partial charge in [-0.05, 0) is 30.6 Å². The molecule has 1 heterocycles. The lowest BCUT2D eigenvalue weighted by Crippen LogP contribution is -2.39. The maximum Gasteiger partial charge on any atom is 0.225 e. The lowest BCUT2D eigenvalue weighted by molar-refractivity contribution is 0.0274. The molecule has 0 saturated heterocycles. The van der Waals surface area contributed by atoms with Gasteiger partial charge in [0, 0.05) is 18.5 Å². The Morgan fingerprint density at radius 1 is 1.35 bits per heavy atom. The first-order valence-corrected chi connectivity index (χ1v) is 7.36. The van der Waals surface area contributed by atoms with Crippen LogP contribution < -0.4 is 15.8 Å². The molecule has 3 N–H and O–H groups in total. The third kappa shape index (κ3) is 1.75. The van der Waals surface area contributed by atoms with E-state index in [2.05, 4.69) is 36.1 Å². The van der Waals surface area contributed by atoms with Crippen LogP contribution in [0.15, 0.2) is 6.07 Å². The highest BCUT2D eigenvalue weighted by molar-refractivity contribution is 5.42. The molecule has 2 aliphatic carbocycles. The van der Waals surface area contributed by atoms with Gasteiger partial charge in [0.25, 0.3) is 0 Å². The number of nitrogen functional groups attached to an aromatic ring is 1. The Balaban J connectivity index is 1.85. The minimum absolute atomic E-state index is 0.218. The first-order valence-electron chi connectivity index (χ1n) is 7.36. The number of nitrogens with one attached hydrogen (secondary N) is 1. The van der Waals surface area contributed by atoms with Crippen LogP contribution in [0.5, 0.6) is 5.88 Å². The van der Waals surface area contributed by atoms with Crippen molar-refractivity contribution in [3.05, 3.63) is 6.07 Å². The van der Waals surface area contributed by atoms with Gasteiger partial charge in [-0.1, -0.05) is 20.8 Å². The van der Waals surface area contributed by atoms with E-state index in [0.29, 0.717) is 17.1 Å². The lowest BCUT2D eigenvalue weighted by atomic mass is 9.70. The maximum absolute atomic E-state index is 6.20. The van der Waals surface area contributed by atoms with Crippen LogP contribution in [0.25, 0.3) is 0 Å². The maximum atomic E-state index is 6.20. The quantitative estimate of drug-likeness (QED) is 0.888. The summed E-state index contributed by atoms with van der Waals surface area (Å²) in [6.07, 6.45) is 3.88. The van der Waals surface area contributed by atoms with Crippen LogP contribution in [0.2, 0.25) is 0 Å². The zero-order valence-corrected chi connectivity index (χ0v) is 12.7. The molecule has 5 heteroatoms. The van der Waals surface area contributed by atoms with Crippen molar-refractivity contribution in [2.45, 2.75) is 46.1 Å². The largest absolute Gasteiger partial charge is 0.474 e. The monoisotopic (exact) mass is 276 g/mol. The van der Waals surface area contributed by atoms with E-state index < -0.39 is 0 Å². The normalized spacial score (nSPS) is 34.2. The van der Waals surface area contributed by atoms with Gasteiger partial charge >= 0.3 is 0 Å². The van der Waals surface area contributed by atoms with Crippen LogP contribution in [0.4, 0.5) is 11.8 Å². The van der Waals surface area contributed by atoms with Crippen LogP contribution in [0.3, 0.4) is 0 Å². The highest BCUT2D eigenvalue weighted by atomic mass is 16.5. The lowest BCUT2D eigenvalue weighted by Gasteiger charge is -2.38. The molecule has 2 fully saturated rings. The Bertz CT molecular complexity index is 531. The van der Waals surface area contributed by atoms with Crippen molar-refractivity contribution in [1.29, 1.82) is 0 Å². The summed E-state index contributed by atoms with van der Waals surface area (Å²) < 4.78 is 6.20. The predicted octanol–water partition coefficient (Wildman–Crippen LogP) is 2.69. The van der Waals surface area contributed by atoms with Crippen LogP contribution in [0.1, 0.15) is 40.0 Å². The van der Waals surface area contributed by atoms with Crippen LogP contribution in [-0.2, 0) is 0 Å². The zero-order chi connectivity index (χ0) is 14.5. The molecule has 0 amide bonds. The van der Waals surface area contributed by atoms with E-state index in [-0.39, 0.29) is 17.5 Å². The molecular formula is C15H24N4O. The Labute approximate surface area is 120 Å². The fourth-order valence-corrected chi connectivity index (χ4v) is 4.09. The second-order valence-electron chi connectivity index (χ2n) is 6.92. The van der Waals surface area contributed by atoms with Gasteiger partial charge in [-0.25, -0.2) is 0 Å². The summed E-state index contributed by atoms with van der Waals surface area (Å²) in [5.41, 5.74) is 6.28. The number of hydrogen-bond donors (Lipinski definition) is 2. The van der Waals surface area contributed by atoms with Crippen molar-refractivity contribution >= 4 is 11.8 Å². The predicted molar refractivity (Wildman–Crippen MR) is 79.6 cm³/mol. The molecule has 2 saturated carbocycles. The summed E-state index contributed by atoms with van der Waals surface area (Å²) in [5, 5.41) is 2.98. The van der Waals surface area contributed by atoms with Crippen molar-refractivity contribution in [3.8, 4) is 5.88 Å². The summed E-state index contributed by atoms with van der Waals surface area (Å²) >= 11 is 0. The van der Waals surface area contributed by atoms with Gasteiger partial charge in [0.15, 0.2) is 0 Å². The van der Waals surface area contributed by atoms with E-state index in [0.717, 1.165) is 12.3 Å². The second-order valence-corrected chi connectivity index (χ2v) is 6.92. The number of rotatable bonds is 3. The van der Waals surface area contributed by atoms with Gasteiger partial charge in [0.05, 0.1) is 0 Å². The molecule has 0 aromatic carbocycles. The van der Waals surface area contributed by atoms with Crippen LogP contribution in [-0.4, -0.2) is 23.1 Å². The summed E-state index contributed by atoms with van der Waals surface area (Å²) in [6, 6.07) is 1.82. The molecule has 5 nitrogen and oxygen atoms in total. The fraction of sp³-hybridized carbons (Fsp3) is 0.733. The molecule has 3 rings (SSSR count). The van der Waals surface area contributed by atoms with Crippen LogP contribution in [0, 0.1) is 16.7 Å². The first-order chi connectivity index (χ1) is 9.36. The molecule has 3 atom stereocenters. The molecule has 2 bridgehead atoms. The van der Waals surface area contributed by atoms with E-state index in [1.165, 1.54) is 12.8 Å². The van der Waals surface area contributed by atoms with Crippen molar-refractivity contribution in [1.82, 2.24) is 9.97 Å². The van der Waals surface area contributed by atoms with E-state index in [9.17, 15) is 0 Å². The number of hydrogen-bond acceptors (Lipinski definition) is 5. The van der Waals surface area contributed by atoms with Gasteiger partial charge in [0.1, 0.15) is 11.9 Å². The van der Waals surface area contributed by atoms with Gasteiger partial charge in [-0.2, -0.15) is 9.97 Å². The van der Waals surface area contributed by atoms with Crippen LogP contribution >= 0.6 is 0 Å². The highest BCUT2D eigenvalue weighted by Gasteiger charge is 2.62. The average Bonchev–Trinajstić information content (AvgIpc) is 2.71. The number of nitrogens with two attached hydrogens (primary N) is 1. The highest BCUT2D eigenvalue weighted by Crippen LogP contribution is 2.66. The zero-order valence-electron chi connectivity index (χ0n) is 12.7. The minimum Gasteiger partial charge on any atom is -0.474 e. The van der Waals surface area contributed by atoms with E-state index in [1.54, 1.807) is 0 Å². The molecule has 110 valence electrons. The number of ether oxygens (including phenoxy) is 1. The van der Waals surface area contributed by atoms with E-state index >= 15 is 0 Å². The number of anilines is 2. The molecular weight excluding hydrogens is 252 g/mol. The molecule has 1 aromatic rings. The minimum atomic E-state index is 0.218. The topological polar surface area (TPSA) is 73.1 Å². The van der Waals surface area contributed by atoms with Gasteiger partial charge in [-0.15, -0.1) is 0 Å². The van der Waals surface area contributed by atoms with E-state index in [1.807, 2.05) is 13.1 Å². The third-order valence-electron chi connectivity index (χ3n) is 5.95. The standard InChI is InChI=1S/C15H24N4O/c1-14(2)9-5-6-15(14,3)10(7-9)20-12-8-11(17-4)18-13(16)19-12/h8-10H,5-7H2,1-4H3,(H3,16,17,18,19). The third-order valence-corrected chi connectivity index (χ3v) is 5.95. The molecule has 1 aromatic heterocycles. The smallest absolute Gasteiger partial charge is 0.225 e. The Kier molecular flexibility index (Phi) is 2.85. The SMILES string of the molecule is CNc1cc(OC2CC3CCC2(C)C3(C)C)nc(N)n1. The average molecular weight is 276 g/mol. The Morgan fingerprint density at radius 3 is 2.65 bits per heavy atom. The summed E-state index contributed by atoms with van der Waals surface area (Å²) in [7, 11) is 1.81. The summed E-state index contributed by atoms with van der Waals surface area (Å²) in [6.45, 7) is 7.11. The van der Waals surface area contributed by atoms with Crippen molar-refractivity contribution in [2.75, 3.05) is 18.1 Å². The summed E-state index contributed by atoms with van der Waals surface area (Å²) in [4.78, 5) is 8.31. The summed E-state index contributed by atoms with van der Waals surface area (Å²) in [5.74, 6) is 2.27. The van der Waals surface area contributed by atoms with Crippen molar-refractivity contribution in [3.63, 3.8) is 0 Å². The van der Waals surface area contributed by atoms with Gasteiger partial charge in [0.2, 0.25) is 11.8 Å². The molecule has 0 aliphatic heterocycles. The number of nitrogens with zero attached hydrogens (tertiary/aromatic N) is 2. The van der Waals surface area contributed by atoms with Gasteiger partial charge in [-0.3, -0.25) is 0 Å². The van der Waals surface area contributed by atoms with Crippen molar-refractivity contribution < 1.29 is 4.74 Å². The molecule has 20 heavy (non-hydrogen) atoms. The number of aromatic nitrogens is 2.